The zero-order chi connectivity index (χ0) is 23.8. The molecule has 0 radical (unpaired) electrons. The van der Waals surface area contributed by atoms with Crippen molar-refractivity contribution in [2.45, 2.75) is 12.5 Å². The highest BCUT2D eigenvalue weighted by atomic mass is 79.9. The number of thiophene rings is 1. The van der Waals surface area contributed by atoms with Gasteiger partial charge in [0.2, 0.25) is 5.78 Å². The Balaban J connectivity index is 1.50. The highest BCUT2D eigenvalue weighted by Crippen LogP contribution is 2.40. The lowest BCUT2D eigenvalue weighted by molar-refractivity contribution is -0.129. The number of H-pyrrole nitrogens is 1. The summed E-state index contributed by atoms with van der Waals surface area (Å²) in [4.78, 5) is 31.8. The van der Waals surface area contributed by atoms with Crippen LogP contribution in [0, 0.1) is 0 Å². The number of carbonyl (C=O) groups is 2. The monoisotopic (exact) mass is 536 g/mol. The van der Waals surface area contributed by atoms with Crippen molar-refractivity contribution in [3.8, 4) is 5.75 Å². The molecule has 3 heterocycles. The van der Waals surface area contributed by atoms with Crippen LogP contribution in [-0.2, 0) is 11.2 Å². The molecule has 1 atom stereocenters. The quantitative estimate of drug-likeness (QED) is 0.291. The Hall–Kier alpha value is -3.36. The summed E-state index contributed by atoms with van der Waals surface area (Å²) in [6.07, 6.45) is 2.46. The number of halogens is 1. The number of fused-ring (bicyclic) bond motifs is 1. The van der Waals surface area contributed by atoms with E-state index < -0.39 is 17.7 Å². The molecule has 0 bridgehead atoms. The van der Waals surface area contributed by atoms with E-state index in [-0.39, 0.29) is 11.4 Å². The Labute approximate surface area is 208 Å². The molecule has 1 aliphatic heterocycles. The van der Waals surface area contributed by atoms with Crippen LogP contribution in [0.15, 0.2) is 82.0 Å². The fraction of sp³-hybridized carbons (Fsp3) is 0.154. The van der Waals surface area contributed by atoms with Gasteiger partial charge in [0.1, 0.15) is 5.75 Å². The number of aromatic nitrogens is 1. The minimum absolute atomic E-state index is 0.121. The second-order valence-corrected chi connectivity index (χ2v) is 9.86. The number of amides is 1. The van der Waals surface area contributed by atoms with Gasteiger partial charge in [0.15, 0.2) is 5.76 Å². The lowest BCUT2D eigenvalue weighted by atomic mass is 9.95. The van der Waals surface area contributed by atoms with E-state index in [0.717, 1.165) is 32.3 Å². The number of methoxy groups -OCH3 is 1. The van der Waals surface area contributed by atoms with Crippen LogP contribution in [-0.4, -0.2) is 40.3 Å². The van der Waals surface area contributed by atoms with E-state index in [1.165, 1.54) is 11.3 Å². The number of hydrogen-bond donors (Lipinski definition) is 2. The number of hydrogen-bond acceptors (Lipinski definition) is 5. The Bertz CT molecular complexity index is 1410. The van der Waals surface area contributed by atoms with Crippen LogP contribution in [0.25, 0.3) is 10.9 Å². The number of ketones is 1. The number of aliphatic hydroxyl groups excluding tert-OH is 1. The smallest absolute Gasteiger partial charge is 0.290 e. The molecule has 2 aromatic carbocycles. The Morgan fingerprint density at radius 3 is 2.71 bits per heavy atom. The van der Waals surface area contributed by atoms with Gasteiger partial charge in [0.25, 0.3) is 5.91 Å². The molecule has 0 unspecified atom stereocenters. The number of aromatic amines is 1. The van der Waals surface area contributed by atoms with Gasteiger partial charge in [-0.05, 0) is 59.3 Å². The van der Waals surface area contributed by atoms with Crippen LogP contribution in [0.5, 0.6) is 5.75 Å². The number of benzene rings is 2. The summed E-state index contributed by atoms with van der Waals surface area (Å²) >= 11 is 4.73. The third-order valence-electron chi connectivity index (χ3n) is 6.08. The van der Waals surface area contributed by atoms with Gasteiger partial charge >= 0.3 is 0 Å². The van der Waals surface area contributed by atoms with E-state index in [0.29, 0.717) is 17.8 Å². The van der Waals surface area contributed by atoms with Crippen molar-refractivity contribution >= 4 is 49.9 Å². The van der Waals surface area contributed by atoms with Crippen LogP contribution in [0.1, 0.15) is 26.8 Å². The van der Waals surface area contributed by atoms with Crippen LogP contribution in [0.4, 0.5) is 0 Å². The molecule has 34 heavy (non-hydrogen) atoms. The van der Waals surface area contributed by atoms with E-state index in [9.17, 15) is 14.7 Å². The van der Waals surface area contributed by atoms with Crippen molar-refractivity contribution in [2.75, 3.05) is 13.7 Å². The van der Waals surface area contributed by atoms with Crippen molar-refractivity contribution in [3.63, 3.8) is 0 Å². The van der Waals surface area contributed by atoms with Gasteiger partial charge < -0.3 is 19.7 Å². The lowest BCUT2D eigenvalue weighted by Gasteiger charge is -2.27. The number of rotatable bonds is 7. The van der Waals surface area contributed by atoms with E-state index in [1.807, 2.05) is 48.7 Å². The van der Waals surface area contributed by atoms with Gasteiger partial charge in [-0.15, -0.1) is 11.3 Å². The second-order valence-electron chi connectivity index (χ2n) is 8.00. The number of carbonyl (C=O) groups excluding carboxylic acids is 2. The second kappa shape index (κ2) is 9.12. The molecule has 0 saturated heterocycles. The molecule has 1 aliphatic rings. The largest absolute Gasteiger partial charge is 0.503 e. The van der Waals surface area contributed by atoms with Crippen LogP contribution in [0.3, 0.4) is 0 Å². The summed E-state index contributed by atoms with van der Waals surface area (Å²) in [5.41, 5.74) is 2.88. The van der Waals surface area contributed by atoms with Gasteiger partial charge in [0.05, 0.1) is 23.6 Å². The number of nitrogens with one attached hydrogen (secondary N) is 1. The Morgan fingerprint density at radius 2 is 2.00 bits per heavy atom. The molecule has 5 rings (SSSR count). The van der Waals surface area contributed by atoms with Crippen LogP contribution < -0.4 is 4.74 Å². The highest BCUT2D eigenvalue weighted by molar-refractivity contribution is 9.10. The molecule has 2 N–H and O–H groups in total. The third-order valence-corrected chi connectivity index (χ3v) is 7.47. The number of nitrogens with zero attached hydrogens (tertiary/aromatic N) is 1. The van der Waals surface area contributed by atoms with Gasteiger partial charge in [-0.1, -0.05) is 34.1 Å². The zero-order valence-electron chi connectivity index (χ0n) is 18.2. The van der Waals surface area contributed by atoms with E-state index in [1.54, 1.807) is 29.5 Å². The molecule has 2 aromatic heterocycles. The number of aliphatic hydroxyl groups is 1. The summed E-state index contributed by atoms with van der Waals surface area (Å²) in [5, 5.41) is 13.6. The lowest BCUT2D eigenvalue weighted by Crippen LogP contribution is -2.33. The average molecular weight is 537 g/mol. The predicted molar refractivity (Wildman–Crippen MR) is 135 cm³/mol. The molecule has 1 amide bonds. The summed E-state index contributed by atoms with van der Waals surface area (Å²) < 4.78 is 6.25. The normalized spacial score (nSPS) is 16.0. The minimum Gasteiger partial charge on any atom is -0.503 e. The fourth-order valence-corrected chi connectivity index (χ4v) is 5.32. The maximum Gasteiger partial charge on any atom is 0.290 e. The molecule has 0 spiro atoms. The molecule has 0 aliphatic carbocycles. The Kier molecular flexibility index (Phi) is 6.02. The molecule has 4 aromatic rings. The first-order chi connectivity index (χ1) is 16.5. The molecule has 0 saturated carbocycles. The first-order valence-corrected chi connectivity index (χ1v) is 12.4. The van der Waals surface area contributed by atoms with E-state index in [4.69, 9.17) is 4.74 Å². The molecule has 6 nitrogen and oxygen atoms in total. The van der Waals surface area contributed by atoms with Crippen molar-refractivity contribution in [2.24, 2.45) is 0 Å². The molecule has 8 heteroatoms. The fourth-order valence-electron chi connectivity index (χ4n) is 4.38. The predicted octanol–water partition coefficient (Wildman–Crippen LogP) is 5.82. The summed E-state index contributed by atoms with van der Waals surface area (Å²) in [5.74, 6) is -0.591. The summed E-state index contributed by atoms with van der Waals surface area (Å²) in [6, 6.07) is 16.1. The molecule has 0 fully saturated rings. The molecule has 172 valence electrons. The molecular formula is C26H21BrN2O4S. The maximum atomic E-state index is 13.3. The van der Waals surface area contributed by atoms with E-state index in [2.05, 4.69) is 20.9 Å². The Morgan fingerprint density at radius 1 is 1.21 bits per heavy atom. The van der Waals surface area contributed by atoms with Gasteiger partial charge in [0, 0.05) is 28.1 Å². The topological polar surface area (TPSA) is 82.6 Å². The first-order valence-electron chi connectivity index (χ1n) is 10.7. The van der Waals surface area contributed by atoms with E-state index >= 15 is 0 Å². The van der Waals surface area contributed by atoms with Gasteiger partial charge in [-0.3, -0.25) is 9.59 Å². The first kappa shape index (κ1) is 22.4. The van der Waals surface area contributed by atoms with Crippen molar-refractivity contribution in [3.05, 3.63) is 98.0 Å². The van der Waals surface area contributed by atoms with Crippen molar-refractivity contribution in [1.29, 1.82) is 0 Å². The SMILES string of the molecule is COc1ccc2[nH]cc(CCN3C(=O)C(O)=C(C(=O)c4cccs4)[C@@H]3c3ccc(Br)cc3)c2c1. The number of ether oxygens (including phenoxy) is 1. The van der Waals surface area contributed by atoms with Gasteiger partial charge in [-0.2, -0.15) is 0 Å². The van der Waals surface area contributed by atoms with Crippen molar-refractivity contribution < 1.29 is 19.4 Å². The maximum absolute atomic E-state index is 13.3. The summed E-state index contributed by atoms with van der Waals surface area (Å²) in [6.45, 7) is 0.328. The van der Waals surface area contributed by atoms with Crippen LogP contribution in [0.2, 0.25) is 0 Å². The average Bonchev–Trinajstić information content (AvgIpc) is 3.58. The standard InChI is InChI=1S/C26H21BrN2O4S/c1-33-18-8-9-20-19(13-18)16(14-28-20)10-11-29-23(15-4-6-17(27)7-5-15)22(25(31)26(29)32)24(30)21-3-2-12-34-21/h2-9,12-14,23,28,31H,10-11H2,1H3/t23-/m0/s1. The zero-order valence-corrected chi connectivity index (χ0v) is 20.7. The van der Waals surface area contributed by atoms with Crippen molar-refractivity contribution in [1.82, 2.24) is 9.88 Å². The number of Topliss-reactive ketones (excluding diaryl/α,β-unsaturated/α-hetero) is 1. The highest BCUT2D eigenvalue weighted by Gasteiger charge is 2.43. The molecular weight excluding hydrogens is 516 g/mol. The van der Waals surface area contributed by atoms with Crippen LogP contribution >= 0.6 is 27.3 Å². The third kappa shape index (κ3) is 3.93. The summed E-state index contributed by atoms with van der Waals surface area (Å²) in [7, 11) is 1.62. The van der Waals surface area contributed by atoms with Gasteiger partial charge in [-0.25, -0.2) is 0 Å². The minimum atomic E-state index is -0.671.